The van der Waals surface area contributed by atoms with E-state index in [1.807, 2.05) is 54.7 Å². The van der Waals surface area contributed by atoms with Gasteiger partial charge in [0.15, 0.2) is 0 Å². The molecule has 2 aromatic heterocycles. The van der Waals surface area contributed by atoms with Gasteiger partial charge in [-0.15, -0.1) is 0 Å². The average Bonchev–Trinajstić information content (AvgIpc) is 3.26. The van der Waals surface area contributed by atoms with Gasteiger partial charge in [-0.25, -0.2) is 9.59 Å². The summed E-state index contributed by atoms with van der Waals surface area (Å²) in [6.45, 7) is 2.07. The Balaban J connectivity index is 1.94. The first-order valence-corrected chi connectivity index (χ1v) is 8.74. The van der Waals surface area contributed by atoms with Crippen molar-refractivity contribution in [2.45, 2.75) is 12.8 Å². The summed E-state index contributed by atoms with van der Waals surface area (Å²) in [5.74, 6) is -0.0358. The monoisotopic (exact) mass is 360 g/mol. The van der Waals surface area contributed by atoms with Gasteiger partial charge >= 0.3 is 12.1 Å². The fourth-order valence-corrected chi connectivity index (χ4v) is 3.74. The van der Waals surface area contributed by atoms with E-state index >= 15 is 0 Å². The third kappa shape index (κ3) is 2.57. The van der Waals surface area contributed by atoms with Gasteiger partial charge in [-0.1, -0.05) is 43.3 Å². The predicted molar refractivity (Wildman–Crippen MR) is 106 cm³/mol. The first kappa shape index (κ1) is 16.9. The number of aromatic nitrogens is 2. The smallest absolute Gasteiger partial charge is 0.325 e. The van der Waals surface area contributed by atoms with E-state index in [0.29, 0.717) is 0 Å². The minimum absolute atomic E-state index is 0.0358. The maximum absolute atomic E-state index is 12.3. The van der Waals surface area contributed by atoms with Crippen molar-refractivity contribution in [3.05, 3.63) is 72.1 Å². The maximum atomic E-state index is 12.3. The number of nitrogens with two attached hydrogens (primary N) is 1. The lowest BCUT2D eigenvalue weighted by atomic mass is 9.92. The molecule has 0 spiro atoms. The quantitative estimate of drug-likeness (QED) is 0.569. The summed E-state index contributed by atoms with van der Waals surface area (Å²) in [6, 6.07) is 14.8. The molecule has 6 nitrogen and oxygen atoms in total. The predicted octanol–water partition coefficient (Wildman–Crippen LogP) is 3.86. The SMILES string of the molecule is CNC(=O)n1cc(C(C)c2cn(C(N)=O)c3ccccc23)c2ccccc21. The number of nitrogens with one attached hydrogen (secondary N) is 1. The number of nitrogens with zero attached hydrogens (tertiary/aromatic N) is 2. The molecule has 0 aliphatic rings. The Morgan fingerprint density at radius 2 is 1.37 bits per heavy atom. The fraction of sp³-hybridized carbons (Fsp3) is 0.143. The molecule has 1 atom stereocenters. The average molecular weight is 360 g/mol. The topological polar surface area (TPSA) is 82.1 Å². The van der Waals surface area contributed by atoms with Gasteiger partial charge in [0.2, 0.25) is 0 Å². The fourth-order valence-electron chi connectivity index (χ4n) is 3.74. The second-order valence-electron chi connectivity index (χ2n) is 6.56. The van der Waals surface area contributed by atoms with Gasteiger partial charge in [-0.2, -0.15) is 0 Å². The molecule has 2 aromatic carbocycles. The highest BCUT2D eigenvalue weighted by Gasteiger charge is 2.22. The molecule has 2 heterocycles. The highest BCUT2D eigenvalue weighted by molar-refractivity contribution is 5.96. The highest BCUT2D eigenvalue weighted by atomic mass is 16.2. The standard InChI is InChI=1S/C21H20N4O2/c1-13(16-11-24(20(22)26)18-9-5-3-7-14(16)18)17-12-25(21(27)23-2)19-10-6-4-8-15(17)19/h3-13H,1-2H3,(H2,22,26)(H,23,27). The van der Waals surface area contributed by atoms with E-state index in [9.17, 15) is 9.59 Å². The summed E-state index contributed by atoms with van der Waals surface area (Å²) < 4.78 is 3.09. The first-order chi connectivity index (χ1) is 13.0. The van der Waals surface area contributed by atoms with Crippen LogP contribution in [-0.2, 0) is 0 Å². The van der Waals surface area contributed by atoms with E-state index in [-0.39, 0.29) is 11.9 Å². The molecule has 0 bridgehead atoms. The zero-order valence-corrected chi connectivity index (χ0v) is 15.1. The molecule has 136 valence electrons. The molecule has 27 heavy (non-hydrogen) atoms. The number of carbonyl (C=O) groups excluding carboxylic acids is 2. The Morgan fingerprint density at radius 3 is 1.89 bits per heavy atom. The molecule has 0 fully saturated rings. The Hall–Kier alpha value is -3.54. The molecule has 6 heteroatoms. The van der Waals surface area contributed by atoms with Gasteiger partial charge in [0, 0.05) is 36.1 Å². The van der Waals surface area contributed by atoms with Gasteiger partial charge in [0.05, 0.1) is 11.0 Å². The number of hydrogen-bond donors (Lipinski definition) is 2. The number of fused-ring (bicyclic) bond motifs is 2. The number of rotatable bonds is 2. The van der Waals surface area contributed by atoms with Gasteiger partial charge < -0.3 is 11.1 Å². The van der Waals surface area contributed by atoms with Crippen LogP contribution in [-0.4, -0.2) is 28.2 Å². The number of carbonyl (C=O) groups is 2. The molecule has 0 saturated heterocycles. The second kappa shape index (κ2) is 6.32. The minimum Gasteiger partial charge on any atom is -0.351 e. The highest BCUT2D eigenvalue weighted by Crippen LogP contribution is 2.36. The number of amides is 2. The lowest BCUT2D eigenvalue weighted by molar-refractivity contribution is 0.245. The van der Waals surface area contributed by atoms with Crippen LogP contribution in [0.25, 0.3) is 21.8 Å². The second-order valence-corrected chi connectivity index (χ2v) is 6.56. The van der Waals surface area contributed by atoms with E-state index in [2.05, 4.69) is 12.2 Å². The molecule has 1 unspecified atom stereocenters. The van der Waals surface area contributed by atoms with E-state index in [1.54, 1.807) is 17.8 Å². The number of para-hydroxylation sites is 2. The molecular formula is C21H20N4O2. The summed E-state index contributed by atoms with van der Waals surface area (Å²) >= 11 is 0. The Bertz CT molecular complexity index is 1190. The summed E-state index contributed by atoms with van der Waals surface area (Å²) in [5.41, 5.74) is 9.18. The molecule has 0 aliphatic heterocycles. The number of hydrogen-bond acceptors (Lipinski definition) is 2. The van der Waals surface area contributed by atoms with Crippen LogP contribution < -0.4 is 11.1 Å². The van der Waals surface area contributed by atoms with E-state index < -0.39 is 6.03 Å². The summed E-state index contributed by atoms with van der Waals surface area (Å²) in [5, 5.41) is 4.65. The Kier molecular flexibility index (Phi) is 3.96. The van der Waals surface area contributed by atoms with Crippen LogP contribution >= 0.6 is 0 Å². The van der Waals surface area contributed by atoms with Crippen molar-refractivity contribution in [2.24, 2.45) is 5.73 Å². The first-order valence-electron chi connectivity index (χ1n) is 8.74. The third-order valence-corrected chi connectivity index (χ3v) is 5.09. The lowest BCUT2D eigenvalue weighted by Crippen LogP contribution is -2.23. The molecule has 2 amide bonds. The summed E-state index contributed by atoms with van der Waals surface area (Å²) in [7, 11) is 1.61. The van der Waals surface area contributed by atoms with Gasteiger partial charge in [-0.3, -0.25) is 9.13 Å². The van der Waals surface area contributed by atoms with Crippen molar-refractivity contribution in [1.29, 1.82) is 0 Å². The van der Waals surface area contributed by atoms with Gasteiger partial charge in [-0.05, 0) is 23.3 Å². The van der Waals surface area contributed by atoms with Crippen molar-refractivity contribution < 1.29 is 9.59 Å². The van der Waals surface area contributed by atoms with Crippen LogP contribution in [0.1, 0.15) is 24.0 Å². The van der Waals surface area contributed by atoms with E-state index in [4.69, 9.17) is 5.73 Å². The number of benzene rings is 2. The maximum Gasteiger partial charge on any atom is 0.325 e. The molecular weight excluding hydrogens is 340 g/mol. The zero-order chi connectivity index (χ0) is 19.1. The molecule has 4 rings (SSSR count). The normalized spacial score (nSPS) is 12.4. The Morgan fingerprint density at radius 1 is 0.889 bits per heavy atom. The van der Waals surface area contributed by atoms with Crippen molar-refractivity contribution >= 4 is 33.9 Å². The largest absolute Gasteiger partial charge is 0.351 e. The van der Waals surface area contributed by atoms with Gasteiger partial charge in [0.1, 0.15) is 0 Å². The van der Waals surface area contributed by atoms with Gasteiger partial charge in [0.25, 0.3) is 0 Å². The van der Waals surface area contributed by atoms with Crippen LogP contribution in [0.4, 0.5) is 9.59 Å². The minimum atomic E-state index is -0.516. The van der Waals surface area contributed by atoms with Crippen molar-refractivity contribution in [1.82, 2.24) is 14.5 Å². The summed E-state index contributed by atoms with van der Waals surface area (Å²) in [4.78, 5) is 24.2. The van der Waals surface area contributed by atoms with Crippen molar-refractivity contribution in [2.75, 3.05) is 7.05 Å². The van der Waals surface area contributed by atoms with E-state index in [0.717, 1.165) is 32.9 Å². The Labute approximate surface area is 156 Å². The van der Waals surface area contributed by atoms with Crippen LogP contribution in [0, 0.1) is 0 Å². The summed E-state index contributed by atoms with van der Waals surface area (Å²) in [6.07, 6.45) is 3.66. The van der Waals surface area contributed by atoms with Crippen molar-refractivity contribution in [3.8, 4) is 0 Å². The molecule has 0 saturated carbocycles. The van der Waals surface area contributed by atoms with Crippen LogP contribution in [0.2, 0.25) is 0 Å². The lowest BCUT2D eigenvalue weighted by Gasteiger charge is -2.10. The molecule has 0 aliphatic carbocycles. The van der Waals surface area contributed by atoms with Crippen LogP contribution in [0.3, 0.4) is 0 Å². The number of primary amides is 1. The molecule has 4 aromatic rings. The van der Waals surface area contributed by atoms with Crippen LogP contribution in [0.5, 0.6) is 0 Å². The van der Waals surface area contributed by atoms with E-state index in [1.165, 1.54) is 4.57 Å². The third-order valence-electron chi connectivity index (χ3n) is 5.09. The molecule has 3 N–H and O–H groups in total. The van der Waals surface area contributed by atoms with Crippen molar-refractivity contribution in [3.63, 3.8) is 0 Å². The zero-order valence-electron chi connectivity index (χ0n) is 15.1. The van der Waals surface area contributed by atoms with Crippen LogP contribution in [0.15, 0.2) is 60.9 Å². The molecule has 0 radical (unpaired) electrons.